The number of amides is 1. The van der Waals surface area contributed by atoms with Crippen LogP contribution in [0.25, 0.3) is 5.69 Å². The lowest BCUT2D eigenvalue weighted by atomic mass is 9.95. The maximum absolute atomic E-state index is 12.7. The quantitative estimate of drug-likeness (QED) is 0.182. The number of hydrogen-bond donors (Lipinski definition) is 2. The molecular formula is C34H37N5O4S. The molecule has 2 aromatic heterocycles. The Bertz CT molecular complexity index is 1710. The number of nitrogens with one attached hydrogen (secondary N) is 2. The topological polar surface area (TPSA) is 97.7 Å². The third-order valence-corrected chi connectivity index (χ3v) is 8.14. The third kappa shape index (κ3) is 5.77. The highest BCUT2D eigenvalue weighted by Crippen LogP contribution is 2.45. The summed E-state index contributed by atoms with van der Waals surface area (Å²) in [5.41, 5.74) is 6.21. The van der Waals surface area contributed by atoms with Crippen molar-refractivity contribution < 1.29 is 19.1 Å². The summed E-state index contributed by atoms with van der Waals surface area (Å²) >= 11 is 5.96. The first kappa shape index (κ1) is 30.7. The third-order valence-electron chi connectivity index (χ3n) is 7.83. The molecular weight excluding hydrogens is 574 g/mol. The first-order valence-corrected chi connectivity index (χ1v) is 14.7. The van der Waals surface area contributed by atoms with Crippen molar-refractivity contribution in [1.82, 2.24) is 14.9 Å². The number of rotatable bonds is 7. The molecule has 0 bridgehead atoms. The molecule has 1 saturated heterocycles. The van der Waals surface area contributed by atoms with Gasteiger partial charge >= 0.3 is 5.97 Å². The SMILES string of the molecule is COC(=O)c1ccc(-n2c(C)cc([C@@H]3[C@H](c4ccccn4)NC(=S)N3c3ccc(NC(=O)C(C)(C)C)c(OC)c3)c2C)cc1. The predicted molar refractivity (Wildman–Crippen MR) is 176 cm³/mol. The highest BCUT2D eigenvalue weighted by atomic mass is 32.1. The maximum atomic E-state index is 12.7. The van der Waals surface area contributed by atoms with Gasteiger partial charge in [-0.1, -0.05) is 26.8 Å². The summed E-state index contributed by atoms with van der Waals surface area (Å²) in [6.45, 7) is 9.73. The number of thiocarbonyl (C=S) groups is 1. The van der Waals surface area contributed by atoms with Crippen LogP contribution in [0.5, 0.6) is 5.75 Å². The van der Waals surface area contributed by atoms with Gasteiger partial charge in [-0.3, -0.25) is 9.78 Å². The number of carbonyl (C=O) groups excluding carboxylic acids is 2. The summed E-state index contributed by atoms with van der Waals surface area (Å²) in [5.74, 6) is 0.0400. The molecule has 44 heavy (non-hydrogen) atoms. The van der Waals surface area contributed by atoms with Gasteiger partial charge in [0, 0.05) is 40.4 Å². The largest absolute Gasteiger partial charge is 0.494 e. The van der Waals surface area contributed by atoms with Crippen molar-refractivity contribution in [3.8, 4) is 11.4 Å². The van der Waals surface area contributed by atoms with Crippen LogP contribution in [-0.2, 0) is 9.53 Å². The van der Waals surface area contributed by atoms with Gasteiger partial charge in [0.25, 0.3) is 0 Å². The normalized spacial score (nSPS) is 16.4. The van der Waals surface area contributed by atoms with Crippen LogP contribution in [-0.4, -0.2) is 40.8 Å². The molecule has 1 fully saturated rings. The molecule has 3 heterocycles. The van der Waals surface area contributed by atoms with E-state index in [1.165, 1.54) is 7.11 Å². The predicted octanol–water partition coefficient (Wildman–Crippen LogP) is 6.45. The lowest BCUT2D eigenvalue weighted by molar-refractivity contribution is -0.123. The number of benzene rings is 2. The second-order valence-electron chi connectivity index (χ2n) is 11.8. The molecule has 2 N–H and O–H groups in total. The maximum Gasteiger partial charge on any atom is 0.337 e. The number of anilines is 2. The van der Waals surface area contributed by atoms with Gasteiger partial charge in [-0.05, 0) is 86.2 Å². The molecule has 0 radical (unpaired) electrons. The van der Waals surface area contributed by atoms with Gasteiger partial charge in [-0.15, -0.1) is 0 Å². The number of aromatic nitrogens is 2. The second kappa shape index (κ2) is 12.1. The number of aryl methyl sites for hydroxylation is 1. The monoisotopic (exact) mass is 611 g/mol. The number of methoxy groups -OCH3 is 2. The zero-order valence-corrected chi connectivity index (χ0v) is 26.8. The molecule has 4 aromatic rings. The molecule has 2 atom stereocenters. The summed E-state index contributed by atoms with van der Waals surface area (Å²) in [5, 5.41) is 7.05. The van der Waals surface area contributed by atoms with Crippen molar-refractivity contribution in [3.05, 3.63) is 101 Å². The van der Waals surface area contributed by atoms with Crippen LogP contribution in [0.15, 0.2) is 72.9 Å². The minimum absolute atomic E-state index is 0.109. The van der Waals surface area contributed by atoms with E-state index in [-0.39, 0.29) is 24.0 Å². The number of nitrogens with zero attached hydrogens (tertiary/aromatic N) is 3. The molecule has 0 unspecified atom stereocenters. The molecule has 1 aliphatic rings. The average molecular weight is 612 g/mol. The minimum atomic E-state index is -0.562. The number of esters is 1. The fraction of sp³-hybridized carbons (Fsp3) is 0.294. The van der Waals surface area contributed by atoms with Crippen molar-refractivity contribution in [3.63, 3.8) is 0 Å². The molecule has 2 aromatic carbocycles. The van der Waals surface area contributed by atoms with Crippen molar-refractivity contribution >= 4 is 40.6 Å². The van der Waals surface area contributed by atoms with Gasteiger partial charge in [-0.2, -0.15) is 0 Å². The molecule has 228 valence electrons. The van der Waals surface area contributed by atoms with E-state index in [0.29, 0.717) is 22.1 Å². The van der Waals surface area contributed by atoms with E-state index in [4.69, 9.17) is 21.7 Å². The van der Waals surface area contributed by atoms with E-state index in [0.717, 1.165) is 34.0 Å². The van der Waals surface area contributed by atoms with Crippen LogP contribution >= 0.6 is 12.2 Å². The van der Waals surface area contributed by atoms with E-state index in [9.17, 15) is 9.59 Å². The summed E-state index contributed by atoms with van der Waals surface area (Å²) in [7, 11) is 2.96. The molecule has 9 nitrogen and oxygen atoms in total. The number of carbonyl (C=O) groups is 2. The minimum Gasteiger partial charge on any atom is -0.494 e. The Morgan fingerprint density at radius 3 is 2.30 bits per heavy atom. The lowest BCUT2D eigenvalue weighted by Crippen LogP contribution is -2.30. The summed E-state index contributed by atoms with van der Waals surface area (Å²) < 4.78 is 12.8. The van der Waals surface area contributed by atoms with Crippen molar-refractivity contribution in [2.75, 3.05) is 24.4 Å². The zero-order valence-electron chi connectivity index (χ0n) is 26.0. The van der Waals surface area contributed by atoms with Gasteiger partial charge in [-0.25, -0.2) is 4.79 Å². The van der Waals surface area contributed by atoms with E-state index < -0.39 is 5.41 Å². The Hall–Kier alpha value is -4.70. The molecule has 0 aliphatic carbocycles. The number of pyridine rings is 1. The lowest BCUT2D eigenvalue weighted by Gasteiger charge is -2.29. The van der Waals surface area contributed by atoms with Gasteiger partial charge < -0.3 is 29.6 Å². The van der Waals surface area contributed by atoms with Crippen LogP contribution < -0.4 is 20.3 Å². The Kier molecular flexibility index (Phi) is 8.47. The van der Waals surface area contributed by atoms with Crippen molar-refractivity contribution in [2.24, 2.45) is 5.41 Å². The first-order chi connectivity index (χ1) is 20.9. The molecule has 10 heteroatoms. The van der Waals surface area contributed by atoms with Crippen LogP contribution in [0.4, 0.5) is 11.4 Å². The highest BCUT2D eigenvalue weighted by molar-refractivity contribution is 7.80. The van der Waals surface area contributed by atoms with Gasteiger partial charge in [0.05, 0.1) is 43.2 Å². The Morgan fingerprint density at radius 2 is 1.68 bits per heavy atom. The van der Waals surface area contributed by atoms with E-state index in [1.807, 2.05) is 69.3 Å². The van der Waals surface area contributed by atoms with Crippen LogP contribution in [0, 0.1) is 19.3 Å². The highest BCUT2D eigenvalue weighted by Gasteiger charge is 2.42. The Balaban J connectivity index is 1.60. The zero-order chi connectivity index (χ0) is 31.8. The first-order valence-electron chi connectivity index (χ1n) is 14.3. The van der Waals surface area contributed by atoms with Crippen LogP contribution in [0.1, 0.15) is 65.9 Å². The Labute approximate surface area is 263 Å². The molecule has 0 spiro atoms. The fourth-order valence-corrected chi connectivity index (χ4v) is 5.89. The molecule has 5 rings (SSSR count). The van der Waals surface area contributed by atoms with E-state index in [2.05, 4.69) is 45.0 Å². The van der Waals surface area contributed by atoms with Gasteiger partial charge in [0.1, 0.15) is 5.75 Å². The summed E-state index contributed by atoms with van der Waals surface area (Å²) in [4.78, 5) is 31.5. The van der Waals surface area contributed by atoms with E-state index >= 15 is 0 Å². The van der Waals surface area contributed by atoms with E-state index in [1.54, 1.807) is 25.4 Å². The van der Waals surface area contributed by atoms with Crippen molar-refractivity contribution in [1.29, 1.82) is 0 Å². The molecule has 1 amide bonds. The van der Waals surface area contributed by atoms with Crippen LogP contribution in [0.2, 0.25) is 0 Å². The smallest absolute Gasteiger partial charge is 0.337 e. The average Bonchev–Trinajstić information content (AvgIpc) is 3.51. The summed E-state index contributed by atoms with van der Waals surface area (Å²) in [6.07, 6.45) is 1.78. The molecule has 0 saturated carbocycles. The van der Waals surface area contributed by atoms with Gasteiger partial charge in [0.2, 0.25) is 5.91 Å². The van der Waals surface area contributed by atoms with Crippen LogP contribution in [0.3, 0.4) is 0 Å². The van der Waals surface area contributed by atoms with Crippen molar-refractivity contribution in [2.45, 2.75) is 46.7 Å². The Morgan fingerprint density at radius 1 is 0.977 bits per heavy atom. The standard InChI is InChI=1S/C34H37N5O4S/c1-20-18-25(21(2)38(20)23-13-11-22(12-14-23)31(40)43-7)30-29(27-10-8-9-17-35-27)37-33(44)39(30)24-15-16-26(28(19-24)42-6)36-32(41)34(3,4)5/h8-19,29-30H,1-7H3,(H,36,41)(H,37,44)/t29-,30+/m0/s1. The molecule has 1 aliphatic heterocycles. The fourth-order valence-electron chi connectivity index (χ4n) is 5.54. The number of hydrogen-bond acceptors (Lipinski definition) is 6. The van der Waals surface area contributed by atoms with Gasteiger partial charge in [0.15, 0.2) is 5.11 Å². The number of ether oxygens (including phenoxy) is 2. The summed E-state index contributed by atoms with van der Waals surface area (Å²) in [6, 6.07) is 20.6. The second-order valence-corrected chi connectivity index (χ2v) is 12.2.